The Balaban J connectivity index is 1.52. The molecular weight excluding hydrogens is 577 g/mol. The molecule has 42 heavy (non-hydrogen) atoms. The molecule has 0 bridgehead atoms. The number of aliphatic carboxylic acids is 1. The molecule has 10 heteroatoms. The number of carbonyl (C=O) groups is 3. The normalized spacial score (nSPS) is 15.0. The summed E-state index contributed by atoms with van der Waals surface area (Å²) in [6, 6.07) is 19.4. The van der Waals surface area contributed by atoms with Crippen LogP contribution in [-0.2, 0) is 11.3 Å². The van der Waals surface area contributed by atoms with Gasteiger partial charge in [0.05, 0.1) is 29.2 Å². The number of aliphatic hydroxyl groups excluding tert-OH is 1. The van der Waals surface area contributed by atoms with E-state index in [1.807, 2.05) is 25.1 Å². The van der Waals surface area contributed by atoms with E-state index in [9.17, 15) is 19.5 Å². The lowest BCUT2D eigenvalue weighted by molar-refractivity contribution is -0.146. The summed E-state index contributed by atoms with van der Waals surface area (Å²) in [6.07, 6.45) is 4.43. The number of halogens is 2. The quantitative estimate of drug-likeness (QED) is 0.203. The average molecular weight is 613 g/mol. The molecule has 4 N–H and O–H groups in total. The predicted molar refractivity (Wildman–Crippen MR) is 164 cm³/mol. The molecule has 0 aromatic heterocycles. The van der Waals surface area contributed by atoms with Crippen LogP contribution in [0.4, 0.5) is 10.5 Å². The Kier molecular flexibility index (Phi) is 10.8. The minimum atomic E-state index is -1.68. The first-order valence-corrected chi connectivity index (χ1v) is 14.8. The lowest BCUT2D eigenvalue weighted by Crippen LogP contribution is -2.41. The zero-order chi connectivity index (χ0) is 30.2. The van der Waals surface area contributed by atoms with Crippen molar-refractivity contribution in [1.29, 1.82) is 0 Å². The highest BCUT2D eigenvalue weighted by Gasteiger charge is 2.22. The third kappa shape index (κ3) is 8.25. The Hall–Kier alpha value is -3.59. The van der Waals surface area contributed by atoms with Crippen LogP contribution in [0.3, 0.4) is 0 Å². The first-order chi connectivity index (χ1) is 20.1. The van der Waals surface area contributed by atoms with Gasteiger partial charge in [-0.15, -0.1) is 0 Å². The minimum Gasteiger partial charge on any atom is -0.479 e. The van der Waals surface area contributed by atoms with Gasteiger partial charge in [-0.25, -0.2) is 9.59 Å². The number of hydrogen-bond donors (Lipinski definition) is 4. The van der Waals surface area contributed by atoms with E-state index in [0.29, 0.717) is 21.5 Å². The molecule has 3 amide bonds. The van der Waals surface area contributed by atoms with Crippen LogP contribution in [0.15, 0.2) is 66.7 Å². The molecule has 1 unspecified atom stereocenters. The molecule has 0 spiro atoms. The van der Waals surface area contributed by atoms with E-state index < -0.39 is 24.5 Å². The van der Waals surface area contributed by atoms with Crippen molar-refractivity contribution >= 4 is 46.8 Å². The molecule has 1 aliphatic rings. The molecule has 0 radical (unpaired) electrons. The van der Waals surface area contributed by atoms with Gasteiger partial charge in [-0.1, -0.05) is 72.8 Å². The number of hydrogen-bond acceptors (Lipinski definition) is 4. The zero-order valence-corrected chi connectivity index (χ0v) is 24.9. The summed E-state index contributed by atoms with van der Waals surface area (Å²) >= 11 is 12.3. The summed E-state index contributed by atoms with van der Waals surface area (Å²) in [5, 5.41) is 24.5. The molecule has 4 rings (SSSR count). The highest BCUT2D eigenvalue weighted by molar-refractivity contribution is 6.42. The van der Waals surface area contributed by atoms with Gasteiger partial charge < -0.3 is 20.8 Å². The van der Waals surface area contributed by atoms with E-state index in [1.54, 1.807) is 41.3 Å². The van der Waals surface area contributed by atoms with E-state index >= 15 is 0 Å². The van der Waals surface area contributed by atoms with Crippen molar-refractivity contribution in [1.82, 2.24) is 10.6 Å². The SMILES string of the molecule is CC(NC(=O)N(Cc1ccc(C(=O)NC[C@@H](O)C(=O)O)cc1)c1ccc(C2CCCCC2)cc1)c1ccc(Cl)c(Cl)c1. The second-order valence-electron chi connectivity index (χ2n) is 10.6. The maximum absolute atomic E-state index is 13.7. The monoisotopic (exact) mass is 611 g/mol. The number of anilines is 1. The fourth-order valence-electron chi connectivity index (χ4n) is 5.09. The first kappa shape index (κ1) is 31.3. The van der Waals surface area contributed by atoms with Gasteiger partial charge >= 0.3 is 12.0 Å². The summed E-state index contributed by atoms with van der Waals surface area (Å²) in [5.74, 6) is -1.38. The summed E-state index contributed by atoms with van der Waals surface area (Å²) in [6.45, 7) is 1.70. The van der Waals surface area contributed by atoms with Crippen molar-refractivity contribution in [2.24, 2.45) is 0 Å². The fraction of sp³-hybridized carbons (Fsp3) is 0.344. The molecule has 8 nitrogen and oxygen atoms in total. The number of amides is 3. The lowest BCUT2D eigenvalue weighted by Gasteiger charge is -2.27. The molecule has 3 aromatic rings. The summed E-state index contributed by atoms with van der Waals surface area (Å²) < 4.78 is 0. The van der Waals surface area contributed by atoms with Crippen LogP contribution in [-0.4, -0.2) is 40.8 Å². The molecule has 0 heterocycles. The van der Waals surface area contributed by atoms with Crippen molar-refractivity contribution in [2.45, 2.75) is 63.6 Å². The third-order valence-electron chi connectivity index (χ3n) is 7.61. The van der Waals surface area contributed by atoms with Gasteiger partial charge in [-0.3, -0.25) is 9.69 Å². The Bertz CT molecular complexity index is 1390. The second-order valence-corrected chi connectivity index (χ2v) is 11.4. The number of nitrogens with zero attached hydrogens (tertiary/aromatic N) is 1. The fourth-order valence-corrected chi connectivity index (χ4v) is 5.40. The van der Waals surface area contributed by atoms with Crippen molar-refractivity contribution in [3.8, 4) is 0 Å². The van der Waals surface area contributed by atoms with Gasteiger partial charge in [-0.05, 0) is 78.8 Å². The molecule has 1 aliphatic carbocycles. The van der Waals surface area contributed by atoms with Gasteiger partial charge in [0.15, 0.2) is 6.10 Å². The molecule has 0 saturated heterocycles. The maximum atomic E-state index is 13.7. The number of nitrogens with one attached hydrogen (secondary N) is 2. The summed E-state index contributed by atoms with van der Waals surface area (Å²) in [4.78, 5) is 38.5. The lowest BCUT2D eigenvalue weighted by atomic mass is 9.84. The van der Waals surface area contributed by atoms with Gasteiger partial charge in [0, 0.05) is 11.3 Å². The van der Waals surface area contributed by atoms with E-state index in [2.05, 4.69) is 22.8 Å². The second kappa shape index (κ2) is 14.5. The number of rotatable bonds is 10. The van der Waals surface area contributed by atoms with E-state index in [1.165, 1.54) is 37.7 Å². The Labute approximate surface area is 255 Å². The van der Waals surface area contributed by atoms with Crippen LogP contribution < -0.4 is 15.5 Å². The zero-order valence-electron chi connectivity index (χ0n) is 23.4. The van der Waals surface area contributed by atoms with Crippen LogP contribution in [0.2, 0.25) is 10.0 Å². The summed E-state index contributed by atoms with van der Waals surface area (Å²) in [5.41, 5.74) is 3.92. The molecule has 222 valence electrons. The van der Waals surface area contributed by atoms with E-state index in [-0.39, 0.29) is 18.6 Å². The number of carbonyl (C=O) groups excluding carboxylic acids is 2. The number of aliphatic hydroxyl groups is 1. The Morgan fingerprint density at radius 2 is 1.60 bits per heavy atom. The first-order valence-electron chi connectivity index (χ1n) is 14.0. The molecular formula is C32H35Cl2N3O5. The minimum absolute atomic E-state index is 0.238. The standard InChI is InChI=1S/C32H35Cl2N3O5/c1-20(25-13-16-27(33)28(34)17-25)36-32(42)37(26-14-11-23(12-15-26)22-5-3-2-4-6-22)19-21-7-9-24(10-8-21)30(39)35-18-29(38)31(40)41/h7-17,20,22,29,38H,2-6,18-19H2,1H3,(H,35,39)(H,36,42)(H,40,41)/t20?,29-/m1/s1. The summed E-state index contributed by atoms with van der Waals surface area (Å²) in [7, 11) is 0. The van der Waals surface area contributed by atoms with Crippen LogP contribution >= 0.6 is 23.2 Å². The highest BCUT2D eigenvalue weighted by Crippen LogP contribution is 2.34. The Morgan fingerprint density at radius 1 is 0.929 bits per heavy atom. The van der Waals surface area contributed by atoms with E-state index in [0.717, 1.165) is 16.8 Å². The van der Waals surface area contributed by atoms with Crippen molar-refractivity contribution in [3.63, 3.8) is 0 Å². The number of benzene rings is 3. The van der Waals surface area contributed by atoms with Crippen LogP contribution in [0.1, 0.15) is 78.0 Å². The number of carboxylic acid groups (broad SMARTS) is 1. The Morgan fingerprint density at radius 3 is 2.21 bits per heavy atom. The van der Waals surface area contributed by atoms with Crippen molar-refractivity contribution in [2.75, 3.05) is 11.4 Å². The van der Waals surface area contributed by atoms with Crippen molar-refractivity contribution < 1.29 is 24.6 Å². The molecule has 1 saturated carbocycles. The highest BCUT2D eigenvalue weighted by atomic mass is 35.5. The molecule has 2 atom stereocenters. The van der Waals surface area contributed by atoms with Gasteiger partial charge in [0.2, 0.25) is 0 Å². The number of urea groups is 1. The topological polar surface area (TPSA) is 119 Å². The number of carboxylic acids is 1. The van der Waals surface area contributed by atoms with Crippen LogP contribution in [0.25, 0.3) is 0 Å². The smallest absolute Gasteiger partial charge is 0.334 e. The van der Waals surface area contributed by atoms with Gasteiger partial charge in [0.25, 0.3) is 5.91 Å². The van der Waals surface area contributed by atoms with Gasteiger partial charge in [-0.2, -0.15) is 0 Å². The van der Waals surface area contributed by atoms with Gasteiger partial charge in [0.1, 0.15) is 0 Å². The third-order valence-corrected chi connectivity index (χ3v) is 8.35. The predicted octanol–water partition coefficient (Wildman–Crippen LogP) is 6.69. The molecule has 1 fully saturated rings. The van der Waals surface area contributed by atoms with E-state index in [4.69, 9.17) is 28.3 Å². The maximum Gasteiger partial charge on any atom is 0.334 e. The average Bonchev–Trinajstić information content (AvgIpc) is 3.00. The van der Waals surface area contributed by atoms with Crippen LogP contribution in [0.5, 0.6) is 0 Å². The molecule has 3 aromatic carbocycles. The molecule has 0 aliphatic heterocycles. The largest absolute Gasteiger partial charge is 0.479 e. The van der Waals surface area contributed by atoms with Crippen molar-refractivity contribution in [3.05, 3.63) is 99.0 Å². The van der Waals surface area contributed by atoms with Crippen LogP contribution in [0, 0.1) is 0 Å².